The predicted octanol–water partition coefficient (Wildman–Crippen LogP) is 3.18. The second-order valence-corrected chi connectivity index (χ2v) is 5.17. The first kappa shape index (κ1) is 13.5. The molecular weight excluding hydrogens is 339 g/mol. The Hall–Kier alpha value is -2.48. The molecule has 0 aliphatic heterocycles. The van der Waals surface area contributed by atoms with Crippen LogP contribution in [0.4, 0.5) is 21.6 Å². The number of aromatic nitrogens is 3. The smallest absolute Gasteiger partial charge is 0.148 e. The summed E-state index contributed by atoms with van der Waals surface area (Å²) < 4.78 is 14.8. The normalized spacial score (nSPS) is 10.8. The van der Waals surface area contributed by atoms with Gasteiger partial charge in [0.1, 0.15) is 23.6 Å². The van der Waals surface area contributed by atoms with Crippen molar-refractivity contribution in [2.45, 2.75) is 0 Å². The van der Waals surface area contributed by atoms with E-state index in [1.165, 1.54) is 18.5 Å². The van der Waals surface area contributed by atoms with Crippen molar-refractivity contribution >= 4 is 50.4 Å². The summed E-state index contributed by atoms with van der Waals surface area (Å²) >= 11 is 3.39. The van der Waals surface area contributed by atoms with E-state index in [9.17, 15) is 4.39 Å². The Labute approximate surface area is 127 Å². The number of anilines is 3. The first-order valence-corrected chi connectivity index (χ1v) is 6.73. The number of fused-ring (bicyclic) bond motifs is 1. The third kappa shape index (κ3) is 2.33. The molecule has 3 aromatic rings. The maximum Gasteiger partial charge on any atom is 0.148 e. The van der Waals surface area contributed by atoms with Crippen LogP contribution in [0.1, 0.15) is 5.56 Å². The SMILES string of the molecule is N=Cc1cc(Nc2ncnc3[nH]cc(Br)c23)c(F)cc1N. The largest absolute Gasteiger partial charge is 0.398 e. The number of hydrogen-bond donors (Lipinski definition) is 4. The molecule has 0 bridgehead atoms. The van der Waals surface area contributed by atoms with Gasteiger partial charge in [-0.1, -0.05) is 0 Å². The summed E-state index contributed by atoms with van der Waals surface area (Å²) in [5.74, 6) is -0.0655. The molecule has 8 heteroatoms. The second-order valence-electron chi connectivity index (χ2n) is 4.31. The second kappa shape index (κ2) is 5.13. The lowest BCUT2D eigenvalue weighted by atomic mass is 10.1. The molecule has 6 nitrogen and oxygen atoms in total. The van der Waals surface area contributed by atoms with Gasteiger partial charge < -0.3 is 21.4 Å². The highest BCUT2D eigenvalue weighted by Crippen LogP contribution is 2.31. The third-order valence-electron chi connectivity index (χ3n) is 3.00. The fraction of sp³-hybridized carbons (Fsp3) is 0. The molecule has 1 aromatic carbocycles. The van der Waals surface area contributed by atoms with Crippen molar-refractivity contribution in [3.63, 3.8) is 0 Å². The number of rotatable bonds is 3. The lowest BCUT2D eigenvalue weighted by molar-refractivity contribution is 0.632. The molecule has 21 heavy (non-hydrogen) atoms. The maximum absolute atomic E-state index is 14.0. The highest BCUT2D eigenvalue weighted by Gasteiger charge is 2.12. The van der Waals surface area contributed by atoms with Crippen LogP contribution in [0.5, 0.6) is 0 Å². The number of nitrogen functional groups attached to an aromatic ring is 1. The molecule has 2 heterocycles. The molecule has 3 rings (SSSR count). The fourth-order valence-corrected chi connectivity index (χ4v) is 2.46. The number of hydrogen-bond acceptors (Lipinski definition) is 5. The summed E-state index contributed by atoms with van der Waals surface area (Å²) in [6.07, 6.45) is 4.18. The first-order chi connectivity index (χ1) is 10.1. The molecule has 0 unspecified atom stereocenters. The van der Waals surface area contributed by atoms with E-state index in [0.29, 0.717) is 22.4 Å². The van der Waals surface area contributed by atoms with Crippen LogP contribution in [-0.2, 0) is 0 Å². The standard InChI is InChI=1S/C13H10BrFN6/c14-7-4-18-12-11(7)13(20-5-19-12)21-10-1-6(3-16)9(17)2-8(10)15/h1-5,16H,17H2,(H2,18,19,20,21). The van der Waals surface area contributed by atoms with Crippen molar-refractivity contribution in [2.75, 3.05) is 11.1 Å². The highest BCUT2D eigenvalue weighted by molar-refractivity contribution is 9.10. The lowest BCUT2D eigenvalue weighted by Crippen LogP contribution is -2.01. The molecular formula is C13H10BrFN6. The van der Waals surface area contributed by atoms with Crippen LogP contribution in [0.15, 0.2) is 29.1 Å². The van der Waals surface area contributed by atoms with Gasteiger partial charge in [-0.3, -0.25) is 0 Å². The topological polar surface area (TPSA) is 103 Å². The molecule has 0 saturated heterocycles. The average Bonchev–Trinajstić information content (AvgIpc) is 2.84. The van der Waals surface area contributed by atoms with Gasteiger partial charge in [-0.25, -0.2) is 14.4 Å². The van der Waals surface area contributed by atoms with Crippen molar-refractivity contribution in [1.82, 2.24) is 15.0 Å². The molecule has 0 amide bonds. The number of nitrogens with zero attached hydrogens (tertiary/aromatic N) is 2. The Morgan fingerprint density at radius 1 is 1.38 bits per heavy atom. The highest BCUT2D eigenvalue weighted by atomic mass is 79.9. The fourth-order valence-electron chi connectivity index (χ4n) is 1.97. The van der Waals surface area contributed by atoms with Crippen molar-refractivity contribution in [2.24, 2.45) is 0 Å². The summed E-state index contributed by atoms with van der Waals surface area (Å²) in [5, 5.41) is 10.9. The van der Waals surface area contributed by atoms with E-state index in [0.717, 1.165) is 10.7 Å². The van der Waals surface area contributed by atoms with E-state index >= 15 is 0 Å². The number of H-pyrrole nitrogens is 1. The van der Waals surface area contributed by atoms with Gasteiger partial charge in [-0.05, 0) is 28.1 Å². The molecule has 0 aliphatic rings. The minimum Gasteiger partial charge on any atom is -0.398 e. The van der Waals surface area contributed by atoms with E-state index < -0.39 is 5.82 Å². The van der Waals surface area contributed by atoms with Crippen LogP contribution < -0.4 is 11.1 Å². The van der Waals surface area contributed by atoms with Crippen molar-refractivity contribution in [3.05, 3.63) is 40.5 Å². The van der Waals surface area contributed by atoms with Crippen molar-refractivity contribution in [1.29, 1.82) is 5.41 Å². The zero-order chi connectivity index (χ0) is 15.0. The molecule has 2 aromatic heterocycles. The zero-order valence-electron chi connectivity index (χ0n) is 10.6. The zero-order valence-corrected chi connectivity index (χ0v) is 12.2. The quantitative estimate of drug-likeness (QED) is 0.431. The molecule has 0 saturated carbocycles. The van der Waals surface area contributed by atoms with E-state index in [1.807, 2.05) is 0 Å². The minimum atomic E-state index is -0.517. The number of benzene rings is 1. The van der Waals surface area contributed by atoms with Gasteiger partial charge in [0.2, 0.25) is 0 Å². The van der Waals surface area contributed by atoms with Gasteiger partial charge in [0.15, 0.2) is 0 Å². The van der Waals surface area contributed by atoms with Crippen LogP contribution in [0, 0.1) is 11.2 Å². The molecule has 0 spiro atoms. The van der Waals surface area contributed by atoms with Gasteiger partial charge in [-0.2, -0.15) is 0 Å². The summed E-state index contributed by atoms with van der Waals surface area (Å²) in [6, 6.07) is 2.64. The Kier molecular flexibility index (Phi) is 3.30. The Morgan fingerprint density at radius 2 is 2.19 bits per heavy atom. The van der Waals surface area contributed by atoms with E-state index in [4.69, 9.17) is 11.1 Å². The van der Waals surface area contributed by atoms with Gasteiger partial charge in [0.25, 0.3) is 0 Å². The summed E-state index contributed by atoms with van der Waals surface area (Å²) in [7, 11) is 0. The van der Waals surface area contributed by atoms with Crippen LogP contribution >= 0.6 is 15.9 Å². The number of aromatic amines is 1. The van der Waals surface area contributed by atoms with E-state index in [2.05, 4.69) is 36.2 Å². The summed E-state index contributed by atoms with van der Waals surface area (Å²) in [4.78, 5) is 11.2. The van der Waals surface area contributed by atoms with Gasteiger partial charge in [0, 0.05) is 28.1 Å². The van der Waals surface area contributed by atoms with Crippen LogP contribution in [0.25, 0.3) is 11.0 Å². The Morgan fingerprint density at radius 3 is 2.95 bits per heavy atom. The molecule has 0 atom stereocenters. The minimum absolute atomic E-state index is 0.191. The van der Waals surface area contributed by atoms with Crippen LogP contribution in [-0.4, -0.2) is 21.2 Å². The van der Waals surface area contributed by atoms with Gasteiger partial charge in [0.05, 0.1) is 11.1 Å². The number of nitrogens with one attached hydrogen (secondary N) is 3. The molecule has 0 fully saturated rings. The van der Waals surface area contributed by atoms with Crippen LogP contribution in [0.3, 0.4) is 0 Å². The third-order valence-corrected chi connectivity index (χ3v) is 3.63. The summed E-state index contributed by atoms with van der Waals surface area (Å²) in [6.45, 7) is 0. The van der Waals surface area contributed by atoms with Crippen LogP contribution in [0.2, 0.25) is 0 Å². The van der Waals surface area contributed by atoms with Crippen molar-refractivity contribution in [3.8, 4) is 0 Å². The van der Waals surface area contributed by atoms with E-state index in [-0.39, 0.29) is 11.4 Å². The van der Waals surface area contributed by atoms with Gasteiger partial charge in [-0.15, -0.1) is 0 Å². The van der Waals surface area contributed by atoms with Gasteiger partial charge >= 0.3 is 0 Å². The number of halogens is 2. The molecule has 106 valence electrons. The molecule has 5 N–H and O–H groups in total. The van der Waals surface area contributed by atoms with E-state index in [1.54, 1.807) is 6.20 Å². The molecule has 0 aliphatic carbocycles. The number of nitrogens with two attached hydrogens (primary N) is 1. The predicted molar refractivity (Wildman–Crippen MR) is 83.6 cm³/mol. The lowest BCUT2D eigenvalue weighted by Gasteiger charge is -2.10. The van der Waals surface area contributed by atoms with Crippen molar-refractivity contribution < 1.29 is 4.39 Å². The monoisotopic (exact) mass is 348 g/mol. The Balaban J connectivity index is 2.10. The summed E-state index contributed by atoms with van der Waals surface area (Å²) in [5.41, 5.74) is 7.09. The average molecular weight is 349 g/mol. The maximum atomic E-state index is 14.0. The Bertz CT molecular complexity index is 844. The molecule has 0 radical (unpaired) electrons. The first-order valence-electron chi connectivity index (χ1n) is 5.94.